The topological polar surface area (TPSA) is 64.7 Å². The number of ether oxygens (including phenoxy) is 1. The van der Waals surface area contributed by atoms with Crippen LogP contribution in [0.25, 0.3) is 11.0 Å². The molecule has 0 aliphatic heterocycles. The van der Waals surface area contributed by atoms with E-state index in [2.05, 4.69) is 0 Å². The molecular formula is C20H20N2O4. The van der Waals surface area contributed by atoms with E-state index < -0.39 is 5.63 Å². The molecule has 3 aromatic rings. The molecule has 26 heavy (non-hydrogen) atoms. The Balaban J connectivity index is 1.73. The van der Waals surface area contributed by atoms with Crippen molar-refractivity contribution in [2.24, 2.45) is 7.05 Å². The SMILES string of the molecule is COc1cccc2cc(C(=O)N(Cc3cccn3C)C3CC3)c(=O)oc12. The van der Waals surface area contributed by atoms with Gasteiger partial charge in [0, 0.05) is 30.4 Å². The van der Waals surface area contributed by atoms with Crippen LogP contribution in [0.5, 0.6) is 5.75 Å². The zero-order valence-corrected chi connectivity index (χ0v) is 14.8. The lowest BCUT2D eigenvalue weighted by molar-refractivity contribution is 0.0722. The van der Waals surface area contributed by atoms with Crippen LogP contribution >= 0.6 is 0 Å². The number of aromatic nitrogens is 1. The first-order valence-electron chi connectivity index (χ1n) is 8.60. The lowest BCUT2D eigenvalue weighted by atomic mass is 10.1. The standard InChI is InChI=1S/C20H20N2O4/c1-21-10-4-6-15(21)12-22(14-8-9-14)19(23)16-11-13-5-3-7-17(25-2)18(13)26-20(16)24/h3-7,10-11,14H,8-9,12H2,1-2H3. The summed E-state index contributed by atoms with van der Waals surface area (Å²) in [4.78, 5) is 27.4. The number of aryl methyl sites for hydroxylation is 1. The van der Waals surface area contributed by atoms with Crippen molar-refractivity contribution in [2.75, 3.05) is 7.11 Å². The highest BCUT2D eigenvalue weighted by Gasteiger charge is 2.35. The van der Waals surface area contributed by atoms with Gasteiger partial charge < -0.3 is 18.6 Å². The molecule has 0 bridgehead atoms. The molecule has 0 atom stereocenters. The van der Waals surface area contributed by atoms with Crippen LogP contribution < -0.4 is 10.4 Å². The highest BCUT2D eigenvalue weighted by atomic mass is 16.5. The second-order valence-electron chi connectivity index (χ2n) is 6.60. The predicted molar refractivity (Wildman–Crippen MR) is 97.3 cm³/mol. The fourth-order valence-electron chi connectivity index (χ4n) is 3.17. The Kier molecular flexibility index (Phi) is 4.03. The first-order chi connectivity index (χ1) is 12.6. The maximum Gasteiger partial charge on any atom is 0.349 e. The molecule has 2 aromatic heterocycles. The minimum absolute atomic E-state index is 0.0619. The van der Waals surface area contributed by atoms with Crippen LogP contribution in [0.15, 0.2) is 51.8 Å². The molecule has 1 saturated carbocycles. The van der Waals surface area contributed by atoms with Crippen LogP contribution in [-0.4, -0.2) is 28.5 Å². The number of rotatable bonds is 5. The fourth-order valence-corrected chi connectivity index (χ4v) is 3.17. The molecular weight excluding hydrogens is 332 g/mol. The van der Waals surface area contributed by atoms with Crippen molar-refractivity contribution < 1.29 is 13.9 Å². The van der Waals surface area contributed by atoms with E-state index in [0.717, 1.165) is 18.5 Å². The van der Waals surface area contributed by atoms with Crippen molar-refractivity contribution in [3.05, 3.63) is 64.3 Å². The molecule has 1 aliphatic carbocycles. The van der Waals surface area contributed by atoms with Gasteiger partial charge in [0.25, 0.3) is 5.91 Å². The number of amides is 1. The summed E-state index contributed by atoms with van der Waals surface area (Å²) in [7, 11) is 3.46. The highest BCUT2D eigenvalue weighted by molar-refractivity contribution is 5.97. The maximum absolute atomic E-state index is 13.1. The van der Waals surface area contributed by atoms with E-state index in [1.165, 1.54) is 7.11 Å². The molecule has 1 amide bonds. The van der Waals surface area contributed by atoms with Crippen molar-refractivity contribution in [1.82, 2.24) is 9.47 Å². The number of para-hydroxylation sites is 1. The third kappa shape index (κ3) is 2.87. The zero-order valence-electron chi connectivity index (χ0n) is 14.8. The van der Waals surface area contributed by atoms with Gasteiger partial charge in [-0.25, -0.2) is 4.79 Å². The van der Waals surface area contributed by atoms with E-state index >= 15 is 0 Å². The molecule has 4 rings (SSSR count). The summed E-state index contributed by atoms with van der Waals surface area (Å²) >= 11 is 0. The normalized spacial score (nSPS) is 13.8. The number of carbonyl (C=O) groups excluding carboxylic acids is 1. The summed E-state index contributed by atoms with van der Waals surface area (Å²) in [5, 5.41) is 0.668. The minimum Gasteiger partial charge on any atom is -0.493 e. The van der Waals surface area contributed by atoms with Gasteiger partial charge in [-0.15, -0.1) is 0 Å². The number of benzene rings is 1. The second kappa shape index (κ2) is 6.37. The summed E-state index contributed by atoms with van der Waals surface area (Å²) in [5.41, 5.74) is 0.811. The summed E-state index contributed by atoms with van der Waals surface area (Å²) in [6.45, 7) is 0.475. The third-order valence-electron chi connectivity index (χ3n) is 4.81. The first kappa shape index (κ1) is 16.4. The highest BCUT2D eigenvalue weighted by Crippen LogP contribution is 2.30. The van der Waals surface area contributed by atoms with Gasteiger partial charge in [-0.3, -0.25) is 4.79 Å². The van der Waals surface area contributed by atoms with E-state index in [4.69, 9.17) is 9.15 Å². The van der Waals surface area contributed by atoms with Gasteiger partial charge in [-0.1, -0.05) is 12.1 Å². The Morgan fingerprint density at radius 3 is 2.77 bits per heavy atom. The van der Waals surface area contributed by atoms with Crippen molar-refractivity contribution in [2.45, 2.75) is 25.4 Å². The lowest BCUT2D eigenvalue weighted by Crippen LogP contribution is -2.35. The van der Waals surface area contributed by atoms with E-state index in [0.29, 0.717) is 23.3 Å². The Bertz CT molecular complexity index is 1030. The summed E-state index contributed by atoms with van der Waals surface area (Å²) in [6, 6.07) is 11.0. The molecule has 0 saturated heterocycles. The van der Waals surface area contributed by atoms with Gasteiger partial charge in [-0.2, -0.15) is 0 Å². The average Bonchev–Trinajstić information content (AvgIpc) is 3.40. The molecule has 1 aromatic carbocycles. The molecule has 0 spiro atoms. The van der Waals surface area contributed by atoms with Crippen LogP contribution in [0.2, 0.25) is 0 Å². The minimum atomic E-state index is -0.635. The smallest absolute Gasteiger partial charge is 0.349 e. The van der Waals surface area contributed by atoms with Gasteiger partial charge in [0.2, 0.25) is 0 Å². The fraction of sp³-hybridized carbons (Fsp3) is 0.300. The van der Waals surface area contributed by atoms with Gasteiger partial charge in [0.1, 0.15) is 5.56 Å². The van der Waals surface area contributed by atoms with Gasteiger partial charge in [0.05, 0.1) is 13.7 Å². The van der Waals surface area contributed by atoms with Crippen LogP contribution in [0.4, 0.5) is 0 Å². The molecule has 6 nitrogen and oxygen atoms in total. The second-order valence-corrected chi connectivity index (χ2v) is 6.60. The zero-order chi connectivity index (χ0) is 18.3. The summed E-state index contributed by atoms with van der Waals surface area (Å²) < 4.78 is 12.6. The van der Waals surface area contributed by atoms with Crippen molar-refractivity contribution in [1.29, 1.82) is 0 Å². The molecule has 6 heteroatoms. The van der Waals surface area contributed by atoms with E-state index in [1.54, 1.807) is 29.2 Å². The van der Waals surface area contributed by atoms with Gasteiger partial charge >= 0.3 is 5.63 Å². The Morgan fingerprint density at radius 2 is 2.12 bits per heavy atom. The van der Waals surface area contributed by atoms with Gasteiger partial charge in [-0.05, 0) is 37.1 Å². The van der Waals surface area contributed by atoms with Gasteiger partial charge in [0.15, 0.2) is 11.3 Å². The summed E-state index contributed by atoms with van der Waals surface area (Å²) in [5.74, 6) is 0.189. The number of hydrogen-bond acceptors (Lipinski definition) is 4. The monoisotopic (exact) mass is 352 g/mol. The number of nitrogens with zero attached hydrogens (tertiary/aromatic N) is 2. The molecule has 1 aliphatic rings. The molecule has 0 radical (unpaired) electrons. The van der Waals surface area contributed by atoms with Crippen molar-refractivity contribution in [3.8, 4) is 5.75 Å². The lowest BCUT2D eigenvalue weighted by Gasteiger charge is -2.22. The van der Waals surface area contributed by atoms with E-state index in [9.17, 15) is 9.59 Å². The van der Waals surface area contributed by atoms with Crippen LogP contribution in [0.1, 0.15) is 28.9 Å². The van der Waals surface area contributed by atoms with Crippen molar-refractivity contribution in [3.63, 3.8) is 0 Å². The Morgan fingerprint density at radius 1 is 1.31 bits per heavy atom. The number of hydrogen-bond donors (Lipinski definition) is 0. The van der Waals surface area contributed by atoms with Crippen LogP contribution in [0.3, 0.4) is 0 Å². The first-order valence-corrected chi connectivity index (χ1v) is 8.60. The van der Waals surface area contributed by atoms with Crippen molar-refractivity contribution >= 4 is 16.9 Å². The molecule has 2 heterocycles. The largest absolute Gasteiger partial charge is 0.493 e. The number of carbonyl (C=O) groups is 1. The average molecular weight is 352 g/mol. The molecule has 134 valence electrons. The molecule has 0 N–H and O–H groups in total. The summed E-state index contributed by atoms with van der Waals surface area (Å²) in [6.07, 6.45) is 3.87. The predicted octanol–water partition coefficient (Wildman–Crippen LogP) is 2.94. The van der Waals surface area contributed by atoms with Crippen LogP contribution in [-0.2, 0) is 13.6 Å². The molecule has 0 unspecified atom stereocenters. The number of fused-ring (bicyclic) bond motifs is 1. The maximum atomic E-state index is 13.1. The number of methoxy groups -OCH3 is 1. The van der Waals surface area contributed by atoms with Crippen LogP contribution in [0, 0.1) is 0 Å². The quantitative estimate of drug-likeness (QED) is 0.662. The Hall–Kier alpha value is -3.02. The van der Waals surface area contributed by atoms with E-state index in [1.807, 2.05) is 29.9 Å². The third-order valence-corrected chi connectivity index (χ3v) is 4.81. The Labute approximate surface area is 150 Å². The van der Waals surface area contributed by atoms with E-state index in [-0.39, 0.29) is 17.5 Å². The molecule has 1 fully saturated rings.